The Morgan fingerprint density at radius 3 is 2.46 bits per heavy atom. The van der Waals surface area contributed by atoms with Crippen LogP contribution in [-0.4, -0.2) is 18.9 Å². The Morgan fingerprint density at radius 2 is 1.83 bits per heavy atom. The fourth-order valence-corrected chi connectivity index (χ4v) is 3.62. The minimum Gasteiger partial charge on any atom is -0.466 e. The van der Waals surface area contributed by atoms with Gasteiger partial charge in [0.1, 0.15) is 11.5 Å². The minimum atomic E-state index is -0.0159. The summed E-state index contributed by atoms with van der Waals surface area (Å²) in [5.74, 6) is 1.40. The van der Waals surface area contributed by atoms with Crippen molar-refractivity contribution in [1.82, 2.24) is 0 Å². The number of ketones is 1. The maximum absolute atomic E-state index is 13.1. The number of hydrogen-bond acceptors (Lipinski definition) is 4. The molecule has 1 aromatic heterocycles. The van der Waals surface area contributed by atoms with E-state index in [9.17, 15) is 4.79 Å². The minimum absolute atomic E-state index is 0.0159. The van der Waals surface area contributed by atoms with Crippen molar-refractivity contribution in [2.24, 2.45) is 0 Å². The fraction of sp³-hybridized carbons (Fsp3) is 0.450. The predicted molar refractivity (Wildman–Crippen MR) is 94.4 cm³/mol. The molecule has 0 N–H and O–H groups in total. The lowest BCUT2D eigenvalue weighted by molar-refractivity contribution is 0.102. The van der Waals surface area contributed by atoms with E-state index >= 15 is 0 Å². The Kier molecular flexibility index (Phi) is 5.05. The molecule has 0 atom stereocenters. The molecule has 2 aromatic rings. The number of nitrogens with zero attached hydrogens (tertiary/aromatic N) is 1. The monoisotopic (exact) mass is 327 g/mol. The van der Waals surface area contributed by atoms with Gasteiger partial charge < -0.3 is 4.42 Å². The smallest absolute Gasteiger partial charge is 0.198 e. The third kappa shape index (κ3) is 3.24. The van der Waals surface area contributed by atoms with Gasteiger partial charge in [-0.2, -0.15) is 0 Å². The SMILES string of the molecule is CON(c1ccccc1C(=O)c1cc(C)oc1C)C1CCCCC1. The number of rotatable bonds is 5. The molecule has 0 amide bonds. The molecule has 24 heavy (non-hydrogen) atoms. The van der Waals surface area contributed by atoms with E-state index in [2.05, 4.69) is 0 Å². The van der Waals surface area contributed by atoms with Gasteiger partial charge in [0.25, 0.3) is 0 Å². The Morgan fingerprint density at radius 1 is 1.12 bits per heavy atom. The third-order valence-corrected chi connectivity index (χ3v) is 4.77. The lowest BCUT2D eigenvalue weighted by atomic mass is 9.94. The number of carbonyl (C=O) groups excluding carboxylic acids is 1. The van der Waals surface area contributed by atoms with E-state index < -0.39 is 0 Å². The second-order valence-electron chi connectivity index (χ2n) is 6.47. The number of benzene rings is 1. The average molecular weight is 327 g/mol. The van der Waals surface area contributed by atoms with Crippen molar-refractivity contribution in [2.45, 2.75) is 52.0 Å². The Balaban J connectivity index is 1.97. The van der Waals surface area contributed by atoms with Gasteiger partial charge in [-0.25, -0.2) is 0 Å². The molecule has 0 aliphatic heterocycles. The third-order valence-electron chi connectivity index (χ3n) is 4.77. The number of anilines is 1. The molecule has 3 rings (SSSR count). The number of carbonyl (C=O) groups is 1. The highest BCUT2D eigenvalue weighted by Gasteiger charge is 2.26. The second-order valence-corrected chi connectivity index (χ2v) is 6.47. The summed E-state index contributed by atoms with van der Waals surface area (Å²) in [5, 5.41) is 1.93. The summed E-state index contributed by atoms with van der Waals surface area (Å²) >= 11 is 0. The van der Waals surface area contributed by atoms with Crippen LogP contribution in [0.2, 0.25) is 0 Å². The molecular weight excluding hydrogens is 302 g/mol. The number of para-hydroxylation sites is 1. The zero-order valence-electron chi connectivity index (χ0n) is 14.7. The highest BCUT2D eigenvalue weighted by atomic mass is 16.7. The summed E-state index contributed by atoms with van der Waals surface area (Å²) < 4.78 is 5.53. The standard InChI is InChI=1S/C20H25NO3/c1-14-13-18(15(2)24-14)20(22)17-11-7-8-12-19(17)21(23-3)16-9-5-4-6-10-16/h7-8,11-13,16H,4-6,9-10H2,1-3H3. The van der Waals surface area contributed by atoms with Crippen molar-refractivity contribution < 1.29 is 14.0 Å². The number of aryl methyl sites for hydroxylation is 2. The normalized spacial score (nSPS) is 15.5. The van der Waals surface area contributed by atoms with E-state index in [-0.39, 0.29) is 5.78 Å². The Bertz CT molecular complexity index is 713. The topological polar surface area (TPSA) is 42.7 Å². The van der Waals surface area contributed by atoms with Crippen LogP contribution in [0.1, 0.15) is 59.5 Å². The fourth-order valence-electron chi connectivity index (χ4n) is 3.62. The quantitative estimate of drug-likeness (QED) is 0.583. The molecule has 1 heterocycles. The molecule has 4 heteroatoms. The molecular formula is C20H25NO3. The summed E-state index contributed by atoms with van der Waals surface area (Å²) in [6.07, 6.45) is 5.89. The number of hydrogen-bond donors (Lipinski definition) is 0. The van der Waals surface area contributed by atoms with E-state index in [1.807, 2.05) is 49.2 Å². The van der Waals surface area contributed by atoms with Crippen LogP contribution in [0.25, 0.3) is 0 Å². The van der Waals surface area contributed by atoms with Gasteiger partial charge in [-0.15, -0.1) is 0 Å². The van der Waals surface area contributed by atoms with Crippen molar-refractivity contribution in [3.05, 3.63) is 53.0 Å². The van der Waals surface area contributed by atoms with Crippen molar-refractivity contribution >= 4 is 11.5 Å². The molecule has 1 aliphatic carbocycles. The average Bonchev–Trinajstić information content (AvgIpc) is 2.95. The zero-order chi connectivity index (χ0) is 17.1. The molecule has 1 aliphatic rings. The van der Waals surface area contributed by atoms with Crippen LogP contribution in [0.5, 0.6) is 0 Å². The van der Waals surface area contributed by atoms with Crippen LogP contribution >= 0.6 is 0 Å². The lowest BCUT2D eigenvalue weighted by Crippen LogP contribution is -2.37. The first-order chi connectivity index (χ1) is 11.6. The molecule has 0 radical (unpaired) electrons. The van der Waals surface area contributed by atoms with Crippen molar-refractivity contribution in [3.8, 4) is 0 Å². The van der Waals surface area contributed by atoms with Gasteiger partial charge in [0.05, 0.1) is 24.4 Å². The first-order valence-corrected chi connectivity index (χ1v) is 8.66. The summed E-state index contributed by atoms with van der Waals surface area (Å²) in [7, 11) is 1.68. The maximum atomic E-state index is 13.1. The lowest BCUT2D eigenvalue weighted by Gasteiger charge is -2.34. The largest absolute Gasteiger partial charge is 0.466 e. The first-order valence-electron chi connectivity index (χ1n) is 8.66. The number of hydroxylamine groups is 1. The first kappa shape index (κ1) is 16.8. The van der Waals surface area contributed by atoms with Crippen molar-refractivity contribution in [2.75, 3.05) is 12.2 Å². The maximum Gasteiger partial charge on any atom is 0.198 e. The van der Waals surface area contributed by atoms with Crippen molar-refractivity contribution in [3.63, 3.8) is 0 Å². The molecule has 0 saturated heterocycles. The van der Waals surface area contributed by atoms with Crippen LogP contribution in [0.3, 0.4) is 0 Å². The summed E-state index contributed by atoms with van der Waals surface area (Å²) in [6, 6.07) is 9.82. The summed E-state index contributed by atoms with van der Waals surface area (Å²) in [4.78, 5) is 18.8. The van der Waals surface area contributed by atoms with E-state index in [0.29, 0.717) is 22.9 Å². The van der Waals surface area contributed by atoms with Gasteiger partial charge in [0.2, 0.25) is 0 Å². The zero-order valence-corrected chi connectivity index (χ0v) is 14.7. The van der Waals surface area contributed by atoms with Gasteiger partial charge in [0, 0.05) is 5.56 Å². The van der Waals surface area contributed by atoms with Crippen LogP contribution < -0.4 is 5.06 Å². The van der Waals surface area contributed by atoms with E-state index in [0.717, 1.165) is 24.3 Å². The van der Waals surface area contributed by atoms with Crippen molar-refractivity contribution in [1.29, 1.82) is 0 Å². The molecule has 0 bridgehead atoms. The molecule has 0 spiro atoms. The van der Waals surface area contributed by atoms with Gasteiger partial charge in [0.15, 0.2) is 5.78 Å². The Labute approximate surface area is 143 Å². The van der Waals surface area contributed by atoms with Gasteiger partial charge in [-0.05, 0) is 44.9 Å². The van der Waals surface area contributed by atoms with Gasteiger partial charge >= 0.3 is 0 Å². The molecule has 128 valence electrons. The van der Waals surface area contributed by atoms with Crippen LogP contribution in [-0.2, 0) is 4.84 Å². The summed E-state index contributed by atoms with van der Waals surface area (Å²) in [5.41, 5.74) is 2.13. The van der Waals surface area contributed by atoms with Gasteiger partial charge in [-0.3, -0.25) is 14.7 Å². The molecule has 1 fully saturated rings. The van der Waals surface area contributed by atoms with E-state index in [1.54, 1.807) is 7.11 Å². The number of furan rings is 1. The Hall–Kier alpha value is -2.07. The highest BCUT2D eigenvalue weighted by molar-refractivity contribution is 6.13. The van der Waals surface area contributed by atoms with Crippen LogP contribution in [0.4, 0.5) is 5.69 Å². The molecule has 4 nitrogen and oxygen atoms in total. The second kappa shape index (κ2) is 7.22. The molecule has 0 unspecified atom stereocenters. The van der Waals surface area contributed by atoms with Crippen LogP contribution in [0.15, 0.2) is 34.7 Å². The molecule has 1 aromatic carbocycles. The molecule has 1 saturated carbocycles. The van der Waals surface area contributed by atoms with E-state index in [4.69, 9.17) is 9.25 Å². The van der Waals surface area contributed by atoms with Gasteiger partial charge in [-0.1, -0.05) is 31.4 Å². The predicted octanol–water partition coefficient (Wildman–Crippen LogP) is 4.83. The van der Waals surface area contributed by atoms with E-state index in [1.165, 1.54) is 19.3 Å². The highest BCUT2D eigenvalue weighted by Crippen LogP contribution is 2.31. The summed E-state index contributed by atoms with van der Waals surface area (Å²) in [6.45, 7) is 3.69. The van der Waals surface area contributed by atoms with Crippen LogP contribution in [0, 0.1) is 13.8 Å².